The predicted molar refractivity (Wildman–Crippen MR) is 117 cm³/mol. The topological polar surface area (TPSA) is 70.3 Å². The Morgan fingerprint density at radius 1 is 0.857 bits per heavy atom. The minimum atomic E-state index is 0.592. The quantitative estimate of drug-likeness (QED) is 0.725. The Bertz CT molecular complexity index is 948. The first-order chi connectivity index (χ1) is 13.6. The van der Waals surface area contributed by atoms with Crippen molar-refractivity contribution < 1.29 is 0 Å². The molecule has 28 heavy (non-hydrogen) atoms. The molecule has 3 N–H and O–H groups in total. The first-order valence-corrected chi connectivity index (χ1v) is 9.61. The van der Waals surface area contributed by atoms with Gasteiger partial charge in [0.05, 0.1) is 0 Å². The van der Waals surface area contributed by atoms with E-state index in [2.05, 4.69) is 75.3 Å². The summed E-state index contributed by atoms with van der Waals surface area (Å²) in [5.74, 6) is 1.45. The number of nitrogens with zero attached hydrogens (tertiary/aromatic N) is 4. The molecule has 0 radical (unpaired) electrons. The summed E-state index contributed by atoms with van der Waals surface area (Å²) in [4.78, 5) is 13.5. The molecule has 0 bridgehead atoms. The molecule has 1 fully saturated rings. The van der Waals surface area contributed by atoms with E-state index in [4.69, 9.17) is 5.73 Å². The molecule has 1 saturated heterocycles. The zero-order valence-electron chi connectivity index (χ0n) is 16.4. The van der Waals surface area contributed by atoms with Crippen LogP contribution in [-0.4, -0.2) is 36.1 Å². The molecule has 0 spiro atoms. The lowest BCUT2D eigenvalue weighted by molar-refractivity contribution is 0.647. The summed E-state index contributed by atoms with van der Waals surface area (Å²) in [6, 6.07) is 16.8. The van der Waals surface area contributed by atoms with Gasteiger partial charge in [0.2, 0.25) is 0 Å². The van der Waals surface area contributed by atoms with Gasteiger partial charge in [-0.25, -0.2) is 9.97 Å². The van der Waals surface area contributed by atoms with Gasteiger partial charge >= 0.3 is 0 Å². The van der Waals surface area contributed by atoms with Crippen LogP contribution in [0.5, 0.6) is 0 Å². The number of nitrogens with one attached hydrogen (secondary N) is 1. The number of para-hydroxylation sites is 1. The van der Waals surface area contributed by atoms with Crippen LogP contribution < -0.4 is 20.9 Å². The van der Waals surface area contributed by atoms with Gasteiger partial charge in [0, 0.05) is 37.6 Å². The average Bonchev–Trinajstić information content (AvgIpc) is 2.73. The number of aromatic nitrogens is 2. The number of hydrogen-bond acceptors (Lipinski definition) is 6. The molecule has 0 aliphatic carbocycles. The molecule has 1 aromatic heterocycles. The van der Waals surface area contributed by atoms with E-state index in [1.807, 2.05) is 12.1 Å². The van der Waals surface area contributed by atoms with Crippen LogP contribution in [0.4, 0.5) is 28.7 Å². The van der Waals surface area contributed by atoms with E-state index in [0.29, 0.717) is 11.5 Å². The van der Waals surface area contributed by atoms with Crippen LogP contribution >= 0.6 is 0 Å². The Balaban J connectivity index is 1.49. The maximum Gasteiger partial charge on any atom is 0.159 e. The highest BCUT2D eigenvalue weighted by atomic mass is 15.3. The van der Waals surface area contributed by atoms with Crippen molar-refractivity contribution in [1.29, 1.82) is 0 Å². The van der Waals surface area contributed by atoms with Crippen molar-refractivity contribution in [2.24, 2.45) is 0 Å². The molecule has 3 aromatic rings. The zero-order chi connectivity index (χ0) is 19.5. The van der Waals surface area contributed by atoms with Crippen molar-refractivity contribution in [3.05, 3.63) is 66.0 Å². The summed E-state index contributed by atoms with van der Waals surface area (Å²) >= 11 is 0. The first kappa shape index (κ1) is 18.1. The van der Waals surface area contributed by atoms with Crippen LogP contribution in [0.1, 0.15) is 11.1 Å². The van der Waals surface area contributed by atoms with Gasteiger partial charge in [-0.1, -0.05) is 24.3 Å². The highest BCUT2D eigenvalue weighted by Gasteiger charge is 2.21. The number of nitrogen functional groups attached to an aromatic ring is 1. The normalized spacial score (nSPS) is 14.2. The Labute approximate surface area is 166 Å². The maximum absolute atomic E-state index is 6.43. The number of benzene rings is 2. The molecule has 0 unspecified atom stereocenters. The van der Waals surface area contributed by atoms with Crippen molar-refractivity contribution in [2.75, 3.05) is 47.0 Å². The Kier molecular flexibility index (Phi) is 5.02. The molecule has 1 aliphatic rings. The predicted octanol–water partition coefficient (Wildman–Crippen LogP) is 3.75. The van der Waals surface area contributed by atoms with E-state index in [1.165, 1.54) is 16.8 Å². The maximum atomic E-state index is 6.43. The molecule has 6 heteroatoms. The van der Waals surface area contributed by atoms with Gasteiger partial charge in [0.15, 0.2) is 11.6 Å². The molecule has 1 aliphatic heterocycles. The second kappa shape index (κ2) is 7.76. The second-order valence-corrected chi connectivity index (χ2v) is 7.19. The fourth-order valence-electron chi connectivity index (χ4n) is 3.51. The van der Waals surface area contributed by atoms with Crippen molar-refractivity contribution in [3.63, 3.8) is 0 Å². The highest BCUT2D eigenvalue weighted by molar-refractivity contribution is 5.78. The van der Waals surface area contributed by atoms with E-state index in [-0.39, 0.29) is 0 Å². The minimum absolute atomic E-state index is 0.592. The average molecular weight is 374 g/mol. The third-order valence-corrected chi connectivity index (χ3v) is 5.33. The number of aryl methyl sites for hydroxylation is 2. The second-order valence-electron chi connectivity index (χ2n) is 7.19. The van der Waals surface area contributed by atoms with E-state index in [1.54, 1.807) is 6.33 Å². The molecule has 6 nitrogen and oxygen atoms in total. The fourth-order valence-corrected chi connectivity index (χ4v) is 3.51. The van der Waals surface area contributed by atoms with Gasteiger partial charge in [-0.3, -0.25) is 0 Å². The van der Waals surface area contributed by atoms with Crippen LogP contribution in [0.25, 0.3) is 0 Å². The summed E-state index contributed by atoms with van der Waals surface area (Å²) in [5, 5.41) is 3.34. The highest BCUT2D eigenvalue weighted by Crippen LogP contribution is 2.30. The molecule has 2 aromatic carbocycles. The smallest absolute Gasteiger partial charge is 0.159 e. The lowest BCUT2D eigenvalue weighted by Crippen LogP contribution is -2.47. The van der Waals surface area contributed by atoms with Crippen molar-refractivity contribution >= 4 is 28.7 Å². The SMILES string of the molecule is Cc1ccc(Nc2ncnc(N3CCN(c4ccccc4)CC3)c2N)cc1C. The Morgan fingerprint density at radius 2 is 1.57 bits per heavy atom. The minimum Gasteiger partial charge on any atom is -0.393 e. The van der Waals surface area contributed by atoms with Gasteiger partial charge < -0.3 is 20.9 Å². The van der Waals surface area contributed by atoms with Crippen LogP contribution in [0.15, 0.2) is 54.9 Å². The van der Waals surface area contributed by atoms with Gasteiger partial charge in [-0.15, -0.1) is 0 Å². The number of hydrogen-bond donors (Lipinski definition) is 2. The summed E-state index contributed by atoms with van der Waals surface area (Å²) in [5.41, 5.74) is 11.8. The van der Waals surface area contributed by atoms with Crippen LogP contribution in [0.2, 0.25) is 0 Å². The molecule has 4 rings (SSSR count). The molecule has 0 amide bonds. The number of anilines is 5. The van der Waals surface area contributed by atoms with E-state index < -0.39 is 0 Å². The molecule has 144 valence electrons. The van der Waals surface area contributed by atoms with Crippen LogP contribution in [0, 0.1) is 13.8 Å². The van der Waals surface area contributed by atoms with Gasteiger partial charge in [0.1, 0.15) is 12.0 Å². The third-order valence-electron chi connectivity index (χ3n) is 5.33. The molecular weight excluding hydrogens is 348 g/mol. The third kappa shape index (κ3) is 3.71. The van der Waals surface area contributed by atoms with Gasteiger partial charge in [-0.2, -0.15) is 0 Å². The number of piperazine rings is 1. The number of rotatable bonds is 4. The zero-order valence-corrected chi connectivity index (χ0v) is 16.4. The van der Waals surface area contributed by atoms with Crippen molar-refractivity contribution in [2.45, 2.75) is 13.8 Å². The van der Waals surface area contributed by atoms with E-state index in [0.717, 1.165) is 37.7 Å². The van der Waals surface area contributed by atoms with E-state index in [9.17, 15) is 0 Å². The summed E-state index contributed by atoms with van der Waals surface area (Å²) in [6.07, 6.45) is 1.58. The van der Waals surface area contributed by atoms with E-state index >= 15 is 0 Å². The molecule has 0 saturated carbocycles. The molecule has 2 heterocycles. The van der Waals surface area contributed by atoms with Crippen molar-refractivity contribution in [1.82, 2.24) is 9.97 Å². The monoisotopic (exact) mass is 374 g/mol. The van der Waals surface area contributed by atoms with Crippen molar-refractivity contribution in [3.8, 4) is 0 Å². The largest absolute Gasteiger partial charge is 0.393 e. The molecule has 0 atom stereocenters. The molecular formula is C22H26N6. The Morgan fingerprint density at radius 3 is 2.29 bits per heavy atom. The van der Waals surface area contributed by atoms with Crippen LogP contribution in [0.3, 0.4) is 0 Å². The fraction of sp³-hybridized carbons (Fsp3) is 0.273. The summed E-state index contributed by atoms with van der Waals surface area (Å²) in [7, 11) is 0. The lowest BCUT2D eigenvalue weighted by atomic mass is 10.1. The number of nitrogens with two attached hydrogens (primary N) is 1. The Hall–Kier alpha value is -3.28. The lowest BCUT2D eigenvalue weighted by Gasteiger charge is -2.37. The standard InChI is InChI=1S/C22H26N6/c1-16-8-9-18(14-17(16)2)26-21-20(23)22(25-15-24-21)28-12-10-27(11-13-28)19-6-4-3-5-7-19/h3-9,14-15H,10-13,23H2,1-2H3,(H,24,25,26). The van der Waals surface area contributed by atoms with Gasteiger partial charge in [-0.05, 0) is 49.2 Å². The van der Waals surface area contributed by atoms with Crippen LogP contribution in [-0.2, 0) is 0 Å². The summed E-state index contributed by atoms with van der Waals surface area (Å²) < 4.78 is 0. The van der Waals surface area contributed by atoms with Gasteiger partial charge in [0.25, 0.3) is 0 Å². The first-order valence-electron chi connectivity index (χ1n) is 9.61. The summed E-state index contributed by atoms with van der Waals surface area (Å²) in [6.45, 7) is 7.83.